The Hall–Kier alpha value is -3.27. The van der Waals surface area contributed by atoms with Gasteiger partial charge in [0.2, 0.25) is 5.91 Å². The first-order chi connectivity index (χ1) is 16.0. The van der Waals surface area contributed by atoms with E-state index >= 15 is 0 Å². The Bertz CT molecular complexity index is 1090. The molecule has 3 aromatic rings. The Labute approximate surface area is 197 Å². The Balaban J connectivity index is 1.70. The van der Waals surface area contributed by atoms with Crippen LogP contribution in [-0.2, 0) is 17.8 Å². The maximum absolute atomic E-state index is 14.1. The summed E-state index contributed by atoms with van der Waals surface area (Å²) in [4.78, 5) is 16.0. The summed E-state index contributed by atoms with van der Waals surface area (Å²) < 4.78 is 10.8. The summed E-state index contributed by atoms with van der Waals surface area (Å²) in [5, 5.41) is 0. The normalized spacial score (nSPS) is 15.1. The predicted molar refractivity (Wildman–Crippen MR) is 133 cm³/mol. The Morgan fingerprint density at radius 1 is 0.939 bits per heavy atom. The highest BCUT2D eigenvalue weighted by molar-refractivity contribution is 5.98. The molecular formula is C29H33NO3. The lowest BCUT2D eigenvalue weighted by Gasteiger charge is -2.31. The van der Waals surface area contributed by atoms with Gasteiger partial charge < -0.3 is 14.4 Å². The van der Waals surface area contributed by atoms with Crippen LogP contribution < -0.4 is 14.4 Å². The number of hydrogen-bond donors (Lipinski definition) is 0. The molecule has 1 aliphatic carbocycles. The van der Waals surface area contributed by atoms with Gasteiger partial charge in [-0.25, -0.2) is 0 Å². The molecule has 1 atom stereocenters. The molecule has 1 amide bonds. The summed E-state index contributed by atoms with van der Waals surface area (Å²) >= 11 is 0. The lowest BCUT2D eigenvalue weighted by atomic mass is 9.81. The number of methoxy groups -OCH3 is 2. The van der Waals surface area contributed by atoms with Crippen LogP contribution in [0.1, 0.15) is 60.8 Å². The Kier molecular flexibility index (Phi) is 7.02. The number of anilines is 1. The second-order valence-electron chi connectivity index (χ2n) is 9.03. The van der Waals surface area contributed by atoms with E-state index in [4.69, 9.17) is 9.47 Å². The molecule has 0 spiro atoms. The number of aryl methyl sites for hydroxylation is 1. The van der Waals surface area contributed by atoms with E-state index in [0.717, 1.165) is 47.6 Å². The van der Waals surface area contributed by atoms with Gasteiger partial charge in [0.1, 0.15) is 11.5 Å². The van der Waals surface area contributed by atoms with Crippen molar-refractivity contribution in [2.75, 3.05) is 19.1 Å². The molecule has 0 saturated carbocycles. The molecule has 0 aliphatic heterocycles. The molecule has 1 aliphatic rings. The van der Waals surface area contributed by atoms with Gasteiger partial charge in [-0.2, -0.15) is 0 Å². The van der Waals surface area contributed by atoms with Gasteiger partial charge in [0.25, 0.3) is 0 Å². The number of ether oxygens (including phenoxy) is 2. The standard InChI is InChI=1S/C29H33NO3/c1-20(2)22-10-13-24(14-11-22)30(19-21-8-15-25(32-3)16-9-21)29(31)27-7-5-6-23-12-17-26(33-4)18-28(23)27/h8-18,20,27H,5-7,19H2,1-4H3. The van der Waals surface area contributed by atoms with Crippen LogP contribution >= 0.6 is 0 Å². The van der Waals surface area contributed by atoms with E-state index < -0.39 is 0 Å². The van der Waals surface area contributed by atoms with Crippen LogP contribution in [0.5, 0.6) is 11.5 Å². The minimum atomic E-state index is -0.174. The molecule has 0 aromatic heterocycles. The van der Waals surface area contributed by atoms with E-state index in [1.54, 1.807) is 14.2 Å². The molecule has 33 heavy (non-hydrogen) atoms. The van der Waals surface area contributed by atoms with Crippen molar-refractivity contribution in [2.24, 2.45) is 0 Å². The van der Waals surface area contributed by atoms with Crippen LogP contribution in [-0.4, -0.2) is 20.1 Å². The van der Waals surface area contributed by atoms with Gasteiger partial charge in [-0.1, -0.05) is 44.2 Å². The summed E-state index contributed by atoms with van der Waals surface area (Å²) in [5.74, 6) is 2.02. The highest BCUT2D eigenvalue weighted by atomic mass is 16.5. The first-order valence-corrected chi connectivity index (χ1v) is 11.7. The summed E-state index contributed by atoms with van der Waals surface area (Å²) in [6.07, 6.45) is 2.87. The highest BCUT2D eigenvalue weighted by Crippen LogP contribution is 2.37. The first kappa shape index (κ1) is 22.9. The minimum Gasteiger partial charge on any atom is -0.497 e. The fourth-order valence-corrected chi connectivity index (χ4v) is 4.60. The third-order valence-electron chi connectivity index (χ3n) is 6.60. The van der Waals surface area contributed by atoms with Crippen molar-refractivity contribution in [3.05, 3.63) is 89.0 Å². The number of nitrogens with zero attached hydrogens (tertiary/aromatic N) is 1. The van der Waals surface area contributed by atoms with Crippen LogP contribution in [0.25, 0.3) is 0 Å². The number of rotatable bonds is 7. The summed E-state index contributed by atoms with van der Waals surface area (Å²) in [7, 11) is 3.34. The van der Waals surface area contributed by atoms with Crippen molar-refractivity contribution in [1.29, 1.82) is 0 Å². The SMILES string of the molecule is COc1ccc(CN(C(=O)C2CCCc3ccc(OC)cc32)c2ccc(C(C)C)cc2)cc1. The summed E-state index contributed by atoms with van der Waals surface area (Å²) in [6.45, 7) is 4.88. The zero-order valence-electron chi connectivity index (χ0n) is 20.0. The van der Waals surface area contributed by atoms with E-state index in [0.29, 0.717) is 12.5 Å². The molecule has 0 radical (unpaired) electrons. The van der Waals surface area contributed by atoms with Crippen LogP contribution in [0.4, 0.5) is 5.69 Å². The maximum Gasteiger partial charge on any atom is 0.234 e. The Morgan fingerprint density at radius 2 is 1.61 bits per heavy atom. The lowest BCUT2D eigenvalue weighted by Crippen LogP contribution is -2.36. The summed E-state index contributed by atoms with van der Waals surface area (Å²) in [6, 6.07) is 22.5. The number of carbonyl (C=O) groups excluding carboxylic acids is 1. The van der Waals surface area contributed by atoms with Gasteiger partial charge in [0.05, 0.1) is 26.7 Å². The first-order valence-electron chi connectivity index (χ1n) is 11.7. The number of benzene rings is 3. The van der Waals surface area contributed by atoms with Crippen molar-refractivity contribution in [3.8, 4) is 11.5 Å². The molecule has 4 nitrogen and oxygen atoms in total. The second-order valence-corrected chi connectivity index (χ2v) is 9.03. The monoisotopic (exact) mass is 443 g/mol. The molecular weight excluding hydrogens is 410 g/mol. The van der Waals surface area contributed by atoms with Gasteiger partial charge >= 0.3 is 0 Å². The van der Waals surface area contributed by atoms with Crippen molar-refractivity contribution in [3.63, 3.8) is 0 Å². The van der Waals surface area contributed by atoms with Crippen molar-refractivity contribution >= 4 is 11.6 Å². The topological polar surface area (TPSA) is 38.8 Å². The molecule has 4 rings (SSSR count). The van der Waals surface area contributed by atoms with E-state index in [1.807, 2.05) is 41.3 Å². The molecule has 0 saturated heterocycles. The average molecular weight is 444 g/mol. The predicted octanol–water partition coefficient (Wildman–Crippen LogP) is 6.48. The molecule has 0 N–H and O–H groups in total. The van der Waals surface area contributed by atoms with Crippen LogP contribution in [0.3, 0.4) is 0 Å². The van der Waals surface area contributed by atoms with E-state index in [-0.39, 0.29) is 11.8 Å². The van der Waals surface area contributed by atoms with Gasteiger partial charge in [-0.05, 0) is 83.8 Å². The van der Waals surface area contributed by atoms with Crippen LogP contribution in [0, 0.1) is 0 Å². The van der Waals surface area contributed by atoms with E-state index in [9.17, 15) is 4.79 Å². The molecule has 172 valence electrons. The number of carbonyl (C=O) groups is 1. The highest BCUT2D eigenvalue weighted by Gasteiger charge is 2.31. The third kappa shape index (κ3) is 5.05. The number of amides is 1. The molecule has 0 fully saturated rings. The quantitative estimate of drug-likeness (QED) is 0.419. The largest absolute Gasteiger partial charge is 0.497 e. The summed E-state index contributed by atoms with van der Waals surface area (Å²) in [5.41, 5.74) is 5.61. The zero-order valence-corrected chi connectivity index (χ0v) is 20.0. The fourth-order valence-electron chi connectivity index (χ4n) is 4.60. The molecule has 3 aromatic carbocycles. The van der Waals surface area contributed by atoms with Crippen LogP contribution in [0.2, 0.25) is 0 Å². The fraction of sp³-hybridized carbons (Fsp3) is 0.345. The second kappa shape index (κ2) is 10.1. The minimum absolute atomic E-state index is 0.136. The third-order valence-corrected chi connectivity index (χ3v) is 6.60. The van der Waals surface area contributed by atoms with Crippen molar-refractivity contribution in [1.82, 2.24) is 0 Å². The van der Waals surface area contributed by atoms with Crippen molar-refractivity contribution < 1.29 is 14.3 Å². The van der Waals surface area contributed by atoms with Gasteiger partial charge in [0, 0.05) is 5.69 Å². The van der Waals surface area contributed by atoms with E-state index in [2.05, 4.69) is 44.2 Å². The van der Waals surface area contributed by atoms with Gasteiger partial charge in [-0.3, -0.25) is 4.79 Å². The van der Waals surface area contributed by atoms with Crippen LogP contribution in [0.15, 0.2) is 66.7 Å². The maximum atomic E-state index is 14.1. The molecule has 4 heteroatoms. The van der Waals surface area contributed by atoms with Gasteiger partial charge in [-0.15, -0.1) is 0 Å². The lowest BCUT2D eigenvalue weighted by molar-refractivity contribution is -0.120. The molecule has 0 bridgehead atoms. The van der Waals surface area contributed by atoms with E-state index in [1.165, 1.54) is 11.1 Å². The smallest absolute Gasteiger partial charge is 0.234 e. The molecule has 0 heterocycles. The average Bonchev–Trinajstić information content (AvgIpc) is 2.86. The number of fused-ring (bicyclic) bond motifs is 1. The number of hydrogen-bond acceptors (Lipinski definition) is 3. The van der Waals surface area contributed by atoms with Gasteiger partial charge in [0.15, 0.2) is 0 Å². The molecule has 1 unspecified atom stereocenters. The van der Waals surface area contributed by atoms with Crippen molar-refractivity contribution in [2.45, 2.75) is 51.5 Å². The zero-order chi connectivity index (χ0) is 23.4. The Morgan fingerprint density at radius 3 is 2.24 bits per heavy atom.